The molecule has 6 heteroatoms. The van der Waals surface area contributed by atoms with Crippen molar-refractivity contribution in [2.45, 2.75) is 45.2 Å². The van der Waals surface area contributed by atoms with E-state index in [9.17, 15) is 0 Å². The molecule has 0 N–H and O–H groups in total. The van der Waals surface area contributed by atoms with Gasteiger partial charge in [-0.3, -0.25) is 0 Å². The Morgan fingerprint density at radius 1 is 1.17 bits per heavy atom. The summed E-state index contributed by atoms with van der Waals surface area (Å²) in [5.41, 5.74) is 1.60. The van der Waals surface area contributed by atoms with E-state index in [0.717, 1.165) is 17.0 Å². The van der Waals surface area contributed by atoms with Crippen molar-refractivity contribution in [2.24, 2.45) is 7.05 Å². The molecule has 3 heterocycles. The zero-order valence-corrected chi connectivity index (χ0v) is 11.0. The Labute approximate surface area is 106 Å². The van der Waals surface area contributed by atoms with E-state index >= 15 is 0 Å². The minimum Gasteiger partial charge on any atom is -0.349 e. The highest BCUT2D eigenvalue weighted by molar-refractivity contribution is 5.82. The molecule has 3 rings (SSSR count). The third-order valence-electron chi connectivity index (χ3n) is 3.81. The van der Waals surface area contributed by atoms with Crippen LogP contribution < -0.4 is 4.90 Å². The molecule has 2 unspecified atom stereocenters. The summed E-state index contributed by atoms with van der Waals surface area (Å²) in [6, 6.07) is 0.989. The predicted molar refractivity (Wildman–Crippen MR) is 69.4 cm³/mol. The van der Waals surface area contributed by atoms with Crippen molar-refractivity contribution < 1.29 is 0 Å². The lowest BCUT2D eigenvalue weighted by molar-refractivity contribution is 0.412. The van der Waals surface area contributed by atoms with Crippen LogP contribution in [0.3, 0.4) is 0 Å². The van der Waals surface area contributed by atoms with Crippen molar-refractivity contribution >= 4 is 17.0 Å². The summed E-state index contributed by atoms with van der Waals surface area (Å²) >= 11 is 0. The maximum atomic E-state index is 4.44. The molecule has 0 aliphatic carbocycles. The summed E-state index contributed by atoms with van der Waals surface area (Å²) in [6.07, 6.45) is 5.30. The number of hydrogen-bond acceptors (Lipinski definition) is 5. The molecule has 1 saturated heterocycles. The monoisotopic (exact) mass is 246 g/mol. The highest BCUT2D eigenvalue weighted by Gasteiger charge is 2.28. The fourth-order valence-electron chi connectivity index (χ4n) is 2.87. The van der Waals surface area contributed by atoms with Crippen LogP contribution in [0.4, 0.5) is 5.82 Å². The first-order chi connectivity index (χ1) is 8.68. The van der Waals surface area contributed by atoms with Crippen LogP contribution >= 0.6 is 0 Å². The number of aryl methyl sites for hydroxylation is 1. The van der Waals surface area contributed by atoms with Crippen molar-refractivity contribution in [1.82, 2.24) is 25.0 Å². The molecule has 0 aromatic carbocycles. The van der Waals surface area contributed by atoms with Crippen molar-refractivity contribution in [1.29, 1.82) is 0 Å². The molecule has 1 aliphatic rings. The maximum Gasteiger partial charge on any atom is 0.183 e. The third-order valence-corrected chi connectivity index (χ3v) is 3.81. The van der Waals surface area contributed by atoms with E-state index in [0.29, 0.717) is 12.1 Å². The van der Waals surface area contributed by atoms with E-state index in [1.165, 1.54) is 19.3 Å². The predicted octanol–water partition coefficient (Wildman–Crippen LogP) is 1.53. The molecule has 96 valence electrons. The summed E-state index contributed by atoms with van der Waals surface area (Å²) in [5.74, 6) is 0.924. The van der Waals surface area contributed by atoms with Crippen LogP contribution in [-0.4, -0.2) is 37.0 Å². The van der Waals surface area contributed by atoms with Gasteiger partial charge < -0.3 is 4.90 Å². The fraction of sp³-hybridized carbons (Fsp3) is 0.667. The van der Waals surface area contributed by atoms with E-state index in [2.05, 4.69) is 39.0 Å². The molecule has 6 nitrogen and oxygen atoms in total. The molecule has 0 radical (unpaired) electrons. The number of fused-ring (bicyclic) bond motifs is 1. The largest absolute Gasteiger partial charge is 0.349 e. The summed E-state index contributed by atoms with van der Waals surface area (Å²) in [7, 11) is 1.86. The second kappa shape index (κ2) is 4.19. The van der Waals surface area contributed by atoms with Crippen LogP contribution in [0.1, 0.15) is 33.1 Å². The van der Waals surface area contributed by atoms with Gasteiger partial charge in [-0.2, -0.15) is 0 Å². The van der Waals surface area contributed by atoms with Gasteiger partial charge in [0.05, 0.1) is 0 Å². The summed E-state index contributed by atoms with van der Waals surface area (Å²) in [5, 5.41) is 8.25. The summed E-state index contributed by atoms with van der Waals surface area (Å²) in [4.78, 5) is 11.1. The Morgan fingerprint density at radius 2 is 1.89 bits per heavy atom. The highest BCUT2D eigenvalue weighted by atomic mass is 15.4. The Balaban J connectivity index is 2.12. The number of hydrogen-bond donors (Lipinski definition) is 0. The van der Waals surface area contributed by atoms with Gasteiger partial charge >= 0.3 is 0 Å². The number of anilines is 1. The summed E-state index contributed by atoms with van der Waals surface area (Å²) in [6.45, 7) is 4.50. The van der Waals surface area contributed by atoms with Crippen molar-refractivity contribution in [3.63, 3.8) is 0 Å². The fourth-order valence-corrected chi connectivity index (χ4v) is 2.87. The van der Waals surface area contributed by atoms with E-state index < -0.39 is 0 Å². The molecule has 2 atom stereocenters. The molecule has 18 heavy (non-hydrogen) atoms. The van der Waals surface area contributed by atoms with E-state index in [1.54, 1.807) is 11.0 Å². The van der Waals surface area contributed by atoms with Gasteiger partial charge in [0.1, 0.15) is 6.33 Å². The molecule has 0 saturated carbocycles. The van der Waals surface area contributed by atoms with Crippen LogP contribution in [0.2, 0.25) is 0 Å². The molecule has 1 fully saturated rings. The van der Waals surface area contributed by atoms with Gasteiger partial charge in [-0.25, -0.2) is 14.6 Å². The lowest BCUT2D eigenvalue weighted by Gasteiger charge is -2.39. The van der Waals surface area contributed by atoms with E-state index in [1.807, 2.05) is 7.05 Å². The van der Waals surface area contributed by atoms with Gasteiger partial charge in [0.2, 0.25) is 0 Å². The smallest absolute Gasteiger partial charge is 0.183 e. The second-order valence-corrected chi connectivity index (χ2v) is 5.12. The second-order valence-electron chi connectivity index (χ2n) is 5.12. The lowest BCUT2D eigenvalue weighted by Crippen LogP contribution is -2.44. The van der Waals surface area contributed by atoms with Gasteiger partial charge in [-0.15, -0.1) is 5.10 Å². The molecule has 0 amide bonds. The number of piperidine rings is 1. The zero-order valence-electron chi connectivity index (χ0n) is 11.0. The van der Waals surface area contributed by atoms with Crippen molar-refractivity contribution in [3.8, 4) is 0 Å². The topological polar surface area (TPSA) is 59.7 Å². The Bertz CT molecular complexity index is 553. The van der Waals surface area contributed by atoms with Gasteiger partial charge in [0, 0.05) is 19.1 Å². The first kappa shape index (κ1) is 11.4. The number of nitrogens with zero attached hydrogens (tertiary/aromatic N) is 6. The Morgan fingerprint density at radius 3 is 2.61 bits per heavy atom. The van der Waals surface area contributed by atoms with Crippen molar-refractivity contribution in [2.75, 3.05) is 4.90 Å². The van der Waals surface area contributed by atoms with Gasteiger partial charge in [0.25, 0.3) is 0 Å². The molecule has 0 spiro atoms. The van der Waals surface area contributed by atoms with Gasteiger partial charge in [-0.1, -0.05) is 5.21 Å². The van der Waals surface area contributed by atoms with Crippen LogP contribution in [0.15, 0.2) is 6.33 Å². The molecular weight excluding hydrogens is 228 g/mol. The first-order valence-electron chi connectivity index (χ1n) is 6.47. The Kier molecular flexibility index (Phi) is 2.65. The SMILES string of the molecule is CC1CCCC(C)N1c1ncnc2c1nnn2C. The van der Waals surface area contributed by atoms with Gasteiger partial charge in [0.15, 0.2) is 17.0 Å². The number of aromatic nitrogens is 5. The van der Waals surface area contributed by atoms with E-state index in [-0.39, 0.29) is 0 Å². The van der Waals surface area contributed by atoms with Crippen LogP contribution in [0.5, 0.6) is 0 Å². The van der Waals surface area contributed by atoms with Crippen LogP contribution in [-0.2, 0) is 7.05 Å². The maximum absolute atomic E-state index is 4.44. The minimum absolute atomic E-state index is 0.494. The van der Waals surface area contributed by atoms with Crippen molar-refractivity contribution in [3.05, 3.63) is 6.33 Å². The average Bonchev–Trinajstić information content (AvgIpc) is 2.72. The van der Waals surface area contributed by atoms with Gasteiger partial charge in [-0.05, 0) is 33.1 Å². The summed E-state index contributed by atoms with van der Waals surface area (Å²) < 4.78 is 1.69. The standard InChI is InChI=1S/C12H18N6/c1-8-5-4-6-9(2)18(8)12-10-11(13-7-14-12)17(3)16-15-10/h7-9H,4-6H2,1-3H3. The highest BCUT2D eigenvalue weighted by Crippen LogP contribution is 2.30. The lowest BCUT2D eigenvalue weighted by atomic mass is 9.97. The number of rotatable bonds is 1. The molecule has 0 bridgehead atoms. The zero-order chi connectivity index (χ0) is 12.7. The Hall–Kier alpha value is -1.72. The van der Waals surface area contributed by atoms with Crippen LogP contribution in [0.25, 0.3) is 11.2 Å². The quantitative estimate of drug-likeness (QED) is 0.763. The molecular formula is C12H18N6. The van der Waals surface area contributed by atoms with E-state index in [4.69, 9.17) is 0 Å². The molecule has 2 aromatic rings. The average molecular weight is 246 g/mol. The minimum atomic E-state index is 0.494. The normalized spacial score (nSPS) is 24.7. The first-order valence-corrected chi connectivity index (χ1v) is 6.47. The van der Waals surface area contributed by atoms with Crippen LogP contribution in [0, 0.1) is 0 Å². The molecule has 1 aliphatic heterocycles. The molecule has 2 aromatic heterocycles. The third kappa shape index (κ3) is 1.63.